The van der Waals surface area contributed by atoms with Gasteiger partial charge in [0.15, 0.2) is 0 Å². The summed E-state index contributed by atoms with van der Waals surface area (Å²) in [5, 5.41) is 0. The average Bonchev–Trinajstić information content (AvgIpc) is 3.56. The molecule has 6 rings (SSSR count). The van der Waals surface area contributed by atoms with Crippen molar-refractivity contribution in [3.8, 4) is 0 Å². The van der Waals surface area contributed by atoms with Crippen molar-refractivity contribution in [3.63, 3.8) is 0 Å². The normalized spacial score (nSPS) is 13.1. The molecule has 0 aromatic heterocycles. The van der Waals surface area contributed by atoms with Crippen LogP contribution in [-0.2, 0) is 33.7 Å². The summed E-state index contributed by atoms with van der Waals surface area (Å²) in [6, 6.07) is 30.8. The predicted octanol–water partition coefficient (Wildman–Crippen LogP) is 9.47. The minimum absolute atomic E-state index is 0.826. The third-order valence-electron chi connectivity index (χ3n) is 7.19. The standard InChI is InChI=1S/C33H27.2ClH.Zr/c1-22-13-15-26(32-20-28(18-30(22)32)24-9-5-3-6-10-24)17-27-16-14-23(2)31-19-29(21-33(27)31)25-11-7-4-8-12-25;;;/h3-19H,20-21H2,1-2H3;2*1H;/q-1;;;+2/p-2. The Bertz CT molecular complexity index is 1340. The molecule has 0 spiro atoms. The zero-order chi connectivity index (χ0) is 25.1. The number of hydrogen-bond acceptors (Lipinski definition) is 0. The molecule has 0 unspecified atom stereocenters. The van der Waals surface area contributed by atoms with Crippen molar-refractivity contribution in [1.29, 1.82) is 0 Å². The predicted molar refractivity (Wildman–Crippen MR) is 153 cm³/mol. The van der Waals surface area contributed by atoms with Crippen molar-refractivity contribution in [3.05, 3.63) is 147 Å². The fraction of sp³-hybridized carbons (Fsp3) is 0.121. The fourth-order valence-corrected chi connectivity index (χ4v) is 5.34. The molecule has 0 amide bonds. The average molecular weight is 586 g/mol. The van der Waals surface area contributed by atoms with E-state index < -0.39 is 20.8 Å². The molecular weight excluding hydrogens is 558 g/mol. The number of rotatable bonds is 4. The molecule has 3 heteroatoms. The Morgan fingerprint density at radius 2 is 0.972 bits per heavy atom. The van der Waals surface area contributed by atoms with Gasteiger partial charge in [-0.25, -0.2) is 0 Å². The summed E-state index contributed by atoms with van der Waals surface area (Å²) in [4.78, 5) is 0. The Labute approximate surface area is 233 Å². The molecule has 0 atom stereocenters. The van der Waals surface area contributed by atoms with Crippen LogP contribution in [0.4, 0.5) is 0 Å². The number of halogens is 2. The van der Waals surface area contributed by atoms with Gasteiger partial charge in [-0.3, -0.25) is 0 Å². The van der Waals surface area contributed by atoms with Crippen molar-refractivity contribution in [2.75, 3.05) is 0 Å². The van der Waals surface area contributed by atoms with Crippen molar-refractivity contribution in [2.24, 2.45) is 0 Å². The maximum atomic E-state index is 4.93. The fourth-order valence-electron chi connectivity index (χ4n) is 5.34. The van der Waals surface area contributed by atoms with Gasteiger partial charge >= 0.3 is 37.9 Å². The Kier molecular flexibility index (Phi) is 8.02. The molecule has 2 aliphatic carbocycles. The molecule has 0 bridgehead atoms. The van der Waals surface area contributed by atoms with Gasteiger partial charge in [-0.1, -0.05) is 118 Å². The van der Waals surface area contributed by atoms with Crippen LogP contribution in [0, 0.1) is 20.3 Å². The summed E-state index contributed by atoms with van der Waals surface area (Å²) in [7, 11) is 9.87. The summed E-state index contributed by atoms with van der Waals surface area (Å²) in [5.74, 6) is 0. The third-order valence-corrected chi connectivity index (χ3v) is 7.19. The van der Waals surface area contributed by atoms with E-state index in [2.05, 4.69) is 117 Å². The second-order valence-corrected chi connectivity index (χ2v) is 13.1. The van der Waals surface area contributed by atoms with Crippen LogP contribution < -0.4 is 0 Å². The van der Waals surface area contributed by atoms with Gasteiger partial charge in [0, 0.05) is 0 Å². The number of aryl methyl sites for hydroxylation is 2. The first-order valence-corrected chi connectivity index (χ1v) is 18.5. The molecule has 0 aliphatic heterocycles. The molecule has 0 nitrogen and oxygen atoms in total. The van der Waals surface area contributed by atoms with E-state index in [1.54, 1.807) is 0 Å². The van der Waals surface area contributed by atoms with E-state index in [9.17, 15) is 0 Å². The van der Waals surface area contributed by atoms with E-state index >= 15 is 0 Å². The van der Waals surface area contributed by atoms with Crippen LogP contribution in [0.3, 0.4) is 0 Å². The van der Waals surface area contributed by atoms with Crippen molar-refractivity contribution < 1.29 is 20.8 Å². The number of allylic oxidation sites excluding steroid dienone is 2. The molecule has 2 aliphatic rings. The zero-order valence-corrected chi connectivity index (χ0v) is 24.5. The van der Waals surface area contributed by atoms with E-state index in [-0.39, 0.29) is 0 Å². The molecule has 178 valence electrons. The molecule has 0 heterocycles. The molecule has 0 N–H and O–H groups in total. The quantitative estimate of drug-likeness (QED) is 0.209. The first-order valence-electron chi connectivity index (χ1n) is 12.2. The van der Waals surface area contributed by atoms with Crippen LogP contribution in [0.1, 0.15) is 55.6 Å². The number of benzene rings is 4. The van der Waals surface area contributed by atoms with Gasteiger partial charge in [-0.15, -0.1) is 29.7 Å². The van der Waals surface area contributed by atoms with Crippen LogP contribution in [-0.4, -0.2) is 0 Å². The Hall–Kier alpha value is -2.31. The maximum absolute atomic E-state index is 4.93. The van der Waals surface area contributed by atoms with Gasteiger partial charge in [-0.2, -0.15) is 0 Å². The summed E-state index contributed by atoms with van der Waals surface area (Å²) >= 11 is -0.826. The van der Waals surface area contributed by atoms with Crippen molar-refractivity contribution in [2.45, 2.75) is 26.7 Å². The molecule has 0 fully saturated rings. The minimum atomic E-state index is -0.826. The topological polar surface area (TPSA) is 0 Å². The van der Waals surface area contributed by atoms with Crippen LogP contribution in [0.5, 0.6) is 0 Å². The Balaban J connectivity index is 0.000000848. The summed E-state index contributed by atoms with van der Waals surface area (Å²) < 4.78 is 0. The molecule has 0 saturated carbocycles. The van der Waals surface area contributed by atoms with Gasteiger partial charge in [0.1, 0.15) is 0 Å². The van der Waals surface area contributed by atoms with Gasteiger partial charge in [0.2, 0.25) is 0 Å². The number of hydrogen-bond donors (Lipinski definition) is 0. The van der Waals surface area contributed by atoms with E-state index in [0.717, 1.165) is 12.8 Å². The first-order chi connectivity index (χ1) is 17.6. The molecule has 4 aromatic rings. The third kappa shape index (κ3) is 5.21. The monoisotopic (exact) mass is 583 g/mol. The van der Waals surface area contributed by atoms with Crippen LogP contribution in [0.2, 0.25) is 0 Å². The summed E-state index contributed by atoms with van der Waals surface area (Å²) in [6.45, 7) is 4.46. The van der Waals surface area contributed by atoms with E-state index in [4.69, 9.17) is 17.0 Å². The molecule has 36 heavy (non-hydrogen) atoms. The van der Waals surface area contributed by atoms with Gasteiger partial charge < -0.3 is 0 Å². The van der Waals surface area contributed by atoms with Crippen molar-refractivity contribution >= 4 is 40.3 Å². The van der Waals surface area contributed by atoms with E-state index in [1.165, 1.54) is 66.8 Å². The molecule has 0 saturated heterocycles. The van der Waals surface area contributed by atoms with Gasteiger partial charge in [0.05, 0.1) is 0 Å². The molecule has 4 aromatic carbocycles. The molecular formula is C33H27Cl2Zr-. The Morgan fingerprint density at radius 1 is 0.583 bits per heavy atom. The van der Waals surface area contributed by atoms with E-state index in [0.29, 0.717) is 0 Å². The SMILES string of the molecule is Cc1ccc([CH-]c2ccc(C)c3c2CC(c2ccccc2)=C3)c2c1C=C(c1ccccc1)C2.[Cl][Zr][Cl]. The van der Waals surface area contributed by atoms with Crippen LogP contribution in [0.25, 0.3) is 23.3 Å². The van der Waals surface area contributed by atoms with Gasteiger partial charge in [0.25, 0.3) is 0 Å². The Morgan fingerprint density at radius 3 is 1.36 bits per heavy atom. The van der Waals surface area contributed by atoms with E-state index in [1.807, 2.05) is 0 Å². The van der Waals surface area contributed by atoms with Crippen LogP contribution in [0.15, 0.2) is 84.9 Å². The van der Waals surface area contributed by atoms with Crippen molar-refractivity contribution in [1.82, 2.24) is 0 Å². The van der Waals surface area contributed by atoms with Gasteiger partial charge in [-0.05, 0) is 49.0 Å². The van der Waals surface area contributed by atoms with Crippen LogP contribution >= 0.6 is 17.0 Å². The second kappa shape index (κ2) is 11.4. The summed E-state index contributed by atoms with van der Waals surface area (Å²) in [6.07, 6.45) is 9.20. The zero-order valence-electron chi connectivity index (χ0n) is 20.5. The first kappa shape index (κ1) is 25.3. The summed E-state index contributed by atoms with van der Waals surface area (Å²) in [5.41, 5.74) is 16.6. The second-order valence-electron chi connectivity index (χ2n) is 9.37. The molecule has 0 radical (unpaired) electrons. The number of fused-ring (bicyclic) bond motifs is 2.